The number of carbonyl (C=O) groups excluding carboxylic acids is 3. The van der Waals surface area contributed by atoms with Crippen molar-refractivity contribution in [1.29, 1.82) is 0 Å². The van der Waals surface area contributed by atoms with Crippen molar-refractivity contribution < 1.29 is 33.0 Å². The zero-order valence-electron chi connectivity index (χ0n) is 23.2. The maximum atomic E-state index is 13.4. The van der Waals surface area contributed by atoms with Crippen molar-refractivity contribution in [3.05, 3.63) is 70.7 Å². The molecule has 1 N–H and O–H groups in total. The zero-order chi connectivity index (χ0) is 28.8. The van der Waals surface area contributed by atoms with Crippen LogP contribution >= 0.6 is 0 Å². The first-order chi connectivity index (χ1) is 19.3. The van der Waals surface area contributed by atoms with Gasteiger partial charge in [-0.05, 0) is 55.8 Å². The van der Waals surface area contributed by atoms with Gasteiger partial charge in [0.15, 0.2) is 0 Å². The number of hydrogen-bond donors (Lipinski definition) is 1. The van der Waals surface area contributed by atoms with Crippen LogP contribution in [0.5, 0.6) is 11.5 Å². The Bertz CT molecular complexity index is 1250. The molecule has 4 rings (SSSR count). The van der Waals surface area contributed by atoms with Gasteiger partial charge in [-0.1, -0.05) is 0 Å². The van der Waals surface area contributed by atoms with Crippen LogP contribution in [0.2, 0.25) is 0 Å². The van der Waals surface area contributed by atoms with Crippen molar-refractivity contribution >= 4 is 17.9 Å². The summed E-state index contributed by atoms with van der Waals surface area (Å²) in [7, 11) is 3.07. The van der Waals surface area contributed by atoms with Gasteiger partial charge in [-0.2, -0.15) is 0 Å². The molecular formula is C29H35FN4O6. The Balaban J connectivity index is 1.63. The lowest BCUT2D eigenvalue weighted by atomic mass is 9.93. The van der Waals surface area contributed by atoms with Crippen LogP contribution in [0.3, 0.4) is 0 Å². The van der Waals surface area contributed by atoms with E-state index < -0.39 is 17.8 Å². The van der Waals surface area contributed by atoms with E-state index in [1.54, 1.807) is 34.9 Å². The van der Waals surface area contributed by atoms with E-state index >= 15 is 0 Å². The quantitative estimate of drug-likeness (QED) is 0.475. The Morgan fingerprint density at radius 2 is 1.60 bits per heavy atom. The molecule has 2 heterocycles. The fourth-order valence-electron chi connectivity index (χ4n) is 5.00. The molecule has 2 aromatic carbocycles. The number of halogens is 1. The summed E-state index contributed by atoms with van der Waals surface area (Å²) in [4.78, 5) is 45.0. The van der Waals surface area contributed by atoms with Crippen LogP contribution in [0.1, 0.15) is 35.8 Å². The van der Waals surface area contributed by atoms with Crippen molar-refractivity contribution in [2.24, 2.45) is 0 Å². The Morgan fingerprint density at radius 1 is 0.975 bits per heavy atom. The van der Waals surface area contributed by atoms with Crippen LogP contribution in [-0.4, -0.2) is 92.7 Å². The van der Waals surface area contributed by atoms with Gasteiger partial charge in [-0.15, -0.1) is 0 Å². The maximum Gasteiger partial charge on any atom is 0.338 e. The Hall–Kier alpha value is -4.12. The average Bonchev–Trinajstić information content (AvgIpc) is 2.97. The highest BCUT2D eigenvalue weighted by Gasteiger charge is 2.39. The summed E-state index contributed by atoms with van der Waals surface area (Å²) in [6.45, 7) is 6.38. The van der Waals surface area contributed by atoms with E-state index in [2.05, 4.69) is 10.2 Å². The van der Waals surface area contributed by atoms with Gasteiger partial charge in [0.2, 0.25) is 0 Å². The first kappa shape index (κ1) is 28.9. The summed E-state index contributed by atoms with van der Waals surface area (Å²) in [6, 6.07) is 9.62. The predicted octanol–water partition coefficient (Wildman–Crippen LogP) is 3.20. The molecule has 3 amide bonds. The maximum absolute atomic E-state index is 13.4. The monoisotopic (exact) mass is 554 g/mol. The van der Waals surface area contributed by atoms with E-state index in [4.69, 9.17) is 14.2 Å². The molecule has 0 aliphatic carbocycles. The van der Waals surface area contributed by atoms with Crippen molar-refractivity contribution in [3.63, 3.8) is 0 Å². The zero-order valence-corrected chi connectivity index (χ0v) is 23.2. The van der Waals surface area contributed by atoms with E-state index in [-0.39, 0.29) is 18.5 Å². The number of nitrogens with one attached hydrogen (secondary N) is 1. The Kier molecular flexibility index (Phi) is 9.26. The second kappa shape index (κ2) is 12.8. The number of ether oxygens (including phenoxy) is 3. The first-order valence-corrected chi connectivity index (χ1v) is 13.3. The third kappa shape index (κ3) is 6.20. The second-order valence-electron chi connectivity index (χ2n) is 9.43. The number of hydrogen-bond acceptors (Lipinski definition) is 7. The molecular weight excluding hydrogens is 519 g/mol. The van der Waals surface area contributed by atoms with Crippen molar-refractivity contribution in [2.45, 2.75) is 19.9 Å². The van der Waals surface area contributed by atoms with Gasteiger partial charge in [0.05, 0.1) is 32.4 Å². The van der Waals surface area contributed by atoms with Gasteiger partial charge in [-0.3, -0.25) is 14.6 Å². The number of piperazine rings is 1. The second-order valence-corrected chi connectivity index (χ2v) is 9.43. The summed E-state index contributed by atoms with van der Waals surface area (Å²) in [6.07, 6.45) is 0. The molecule has 10 nitrogen and oxygen atoms in total. The lowest BCUT2D eigenvalue weighted by Crippen LogP contribution is -2.53. The molecule has 11 heteroatoms. The van der Waals surface area contributed by atoms with Crippen molar-refractivity contribution in [2.75, 3.05) is 60.1 Å². The number of rotatable bonds is 9. The molecule has 2 aromatic rings. The molecule has 1 fully saturated rings. The molecule has 1 atom stereocenters. The van der Waals surface area contributed by atoms with E-state index in [1.807, 2.05) is 6.92 Å². The smallest absolute Gasteiger partial charge is 0.338 e. The number of esters is 1. The Morgan fingerprint density at radius 3 is 2.15 bits per heavy atom. The molecule has 0 unspecified atom stereocenters. The lowest BCUT2D eigenvalue weighted by Gasteiger charge is -2.40. The van der Waals surface area contributed by atoms with E-state index in [0.717, 1.165) is 0 Å². The highest BCUT2D eigenvalue weighted by molar-refractivity contribution is 5.95. The molecule has 2 aliphatic heterocycles. The minimum Gasteiger partial charge on any atom is -0.497 e. The van der Waals surface area contributed by atoms with Gasteiger partial charge >= 0.3 is 12.0 Å². The minimum absolute atomic E-state index is 0.162. The van der Waals surface area contributed by atoms with E-state index in [0.29, 0.717) is 73.2 Å². The number of benzene rings is 2. The molecule has 0 saturated carbocycles. The summed E-state index contributed by atoms with van der Waals surface area (Å²) in [5, 5.41) is 2.96. The van der Waals surface area contributed by atoms with Crippen LogP contribution < -0.4 is 14.8 Å². The largest absolute Gasteiger partial charge is 0.497 e. The molecule has 0 spiro atoms. The molecule has 0 radical (unpaired) electrons. The highest BCUT2D eigenvalue weighted by Crippen LogP contribution is 2.35. The van der Waals surface area contributed by atoms with Crippen LogP contribution in [0.4, 0.5) is 9.18 Å². The molecule has 0 aromatic heterocycles. The third-order valence-corrected chi connectivity index (χ3v) is 7.08. The van der Waals surface area contributed by atoms with Crippen molar-refractivity contribution in [1.82, 2.24) is 20.0 Å². The Labute approximate surface area is 233 Å². The van der Waals surface area contributed by atoms with Gasteiger partial charge in [0.25, 0.3) is 5.91 Å². The van der Waals surface area contributed by atoms with E-state index in [9.17, 15) is 18.8 Å². The normalized spacial score (nSPS) is 17.9. The fourth-order valence-corrected chi connectivity index (χ4v) is 5.00. The summed E-state index contributed by atoms with van der Waals surface area (Å²) < 4.78 is 29.6. The topological polar surface area (TPSA) is 101 Å². The molecule has 40 heavy (non-hydrogen) atoms. The van der Waals surface area contributed by atoms with Crippen LogP contribution in [0.25, 0.3) is 0 Å². The molecule has 214 valence electrons. The van der Waals surface area contributed by atoms with Crippen molar-refractivity contribution in [3.8, 4) is 11.5 Å². The SMILES string of the molecule is CCOC(=O)C1=C(CN2CCN(C(=O)c3ccc(F)cc3)CC2)N(CC)C(=O)N[C@H]1c1cc(OC)cc(OC)c1. The molecule has 0 bridgehead atoms. The van der Waals surface area contributed by atoms with Crippen LogP contribution in [-0.2, 0) is 9.53 Å². The molecule has 2 aliphatic rings. The summed E-state index contributed by atoms with van der Waals surface area (Å²) in [5.41, 5.74) is 1.94. The summed E-state index contributed by atoms with van der Waals surface area (Å²) in [5.74, 6) is -0.0330. The number of urea groups is 1. The number of nitrogens with zero attached hydrogens (tertiary/aromatic N) is 3. The third-order valence-electron chi connectivity index (χ3n) is 7.08. The predicted molar refractivity (Wildman–Crippen MR) is 146 cm³/mol. The van der Waals surface area contributed by atoms with E-state index in [1.165, 1.54) is 38.5 Å². The van der Waals surface area contributed by atoms with Gasteiger partial charge < -0.3 is 24.4 Å². The van der Waals surface area contributed by atoms with Gasteiger partial charge in [0.1, 0.15) is 17.3 Å². The van der Waals surface area contributed by atoms with Gasteiger partial charge in [-0.25, -0.2) is 14.0 Å². The number of amides is 3. The van der Waals surface area contributed by atoms with Gasteiger partial charge in [0, 0.05) is 56.6 Å². The first-order valence-electron chi connectivity index (χ1n) is 13.3. The van der Waals surface area contributed by atoms with Crippen LogP contribution in [0, 0.1) is 5.82 Å². The van der Waals surface area contributed by atoms with Crippen LogP contribution in [0.15, 0.2) is 53.7 Å². The summed E-state index contributed by atoms with van der Waals surface area (Å²) >= 11 is 0. The lowest BCUT2D eigenvalue weighted by molar-refractivity contribution is -0.139. The standard InChI is InChI=1S/C29H35FN4O6/c1-5-34-24(18-32-11-13-33(14-12-32)27(35)19-7-9-21(30)10-8-19)25(28(36)40-6-2)26(31-29(34)37)20-15-22(38-3)17-23(16-20)39-4/h7-10,15-17,26H,5-6,11-14,18H2,1-4H3,(H,31,37)/t26-/m0/s1. The number of methoxy groups -OCH3 is 2. The minimum atomic E-state index is -0.783. The highest BCUT2D eigenvalue weighted by atomic mass is 19.1. The number of likely N-dealkylation sites (N-methyl/N-ethyl adjacent to an activating group) is 1. The average molecular weight is 555 g/mol. The fraction of sp³-hybridized carbons (Fsp3) is 0.414. The molecule has 1 saturated heterocycles. The number of carbonyl (C=O) groups is 3.